The third-order valence-electron chi connectivity index (χ3n) is 4.26. The number of rotatable bonds is 6. The molecule has 2 rings (SSSR count). The molecule has 6 heteroatoms. The highest BCUT2D eigenvalue weighted by atomic mass is 32.2. The van der Waals surface area contributed by atoms with E-state index in [9.17, 15) is 9.59 Å². The van der Waals surface area contributed by atoms with Crippen LogP contribution in [0.2, 0.25) is 0 Å². The Morgan fingerprint density at radius 2 is 1.75 bits per heavy atom. The van der Waals surface area contributed by atoms with Gasteiger partial charge < -0.3 is 15.0 Å². The van der Waals surface area contributed by atoms with Gasteiger partial charge in [0, 0.05) is 19.0 Å². The smallest absolute Gasteiger partial charge is 0.286 e. The van der Waals surface area contributed by atoms with E-state index in [-0.39, 0.29) is 11.1 Å². The molecule has 150 valence electrons. The van der Waals surface area contributed by atoms with Gasteiger partial charge in [-0.15, -0.1) is 0 Å². The highest BCUT2D eigenvalue weighted by molar-refractivity contribution is 8.13. The van der Waals surface area contributed by atoms with Crippen LogP contribution in [0.1, 0.15) is 37.8 Å². The Morgan fingerprint density at radius 3 is 2.39 bits per heavy atom. The van der Waals surface area contributed by atoms with Crippen molar-refractivity contribution in [2.45, 2.75) is 44.6 Å². The summed E-state index contributed by atoms with van der Waals surface area (Å²) in [5.74, 6) is 0.823. The van der Waals surface area contributed by atoms with E-state index in [1.807, 2.05) is 37.3 Å². The van der Waals surface area contributed by atoms with Gasteiger partial charge in [0.2, 0.25) is 0 Å². The number of benzene rings is 2. The summed E-state index contributed by atoms with van der Waals surface area (Å²) in [5, 5.41) is 2.77. The summed E-state index contributed by atoms with van der Waals surface area (Å²) in [6.07, 6.45) is -0.677. The van der Waals surface area contributed by atoms with Crippen LogP contribution in [0.15, 0.2) is 47.4 Å². The van der Waals surface area contributed by atoms with Crippen molar-refractivity contribution in [1.82, 2.24) is 4.90 Å². The van der Waals surface area contributed by atoms with Crippen LogP contribution in [-0.4, -0.2) is 36.2 Å². The average Bonchev–Trinajstić information content (AvgIpc) is 2.64. The van der Waals surface area contributed by atoms with Crippen molar-refractivity contribution in [2.75, 3.05) is 19.4 Å². The first-order valence-electron chi connectivity index (χ1n) is 9.25. The summed E-state index contributed by atoms with van der Waals surface area (Å²) < 4.78 is 5.94. The Labute approximate surface area is 171 Å². The Morgan fingerprint density at radius 1 is 1.07 bits per heavy atom. The lowest BCUT2D eigenvalue weighted by molar-refractivity contribution is -0.122. The number of amides is 2. The topological polar surface area (TPSA) is 58.6 Å². The normalized spacial score (nSPS) is 11.8. The van der Waals surface area contributed by atoms with Gasteiger partial charge >= 0.3 is 0 Å². The number of hydrogen-bond acceptors (Lipinski definition) is 4. The van der Waals surface area contributed by atoms with Gasteiger partial charge in [-0.05, 0) is 60.9 Å². The van der Waals surface area contributed by atoms with Crippen LogP contribution < -0.4 is 10.1 Å². The molecule has 0 spiro atoms. The lowest BCUT2D eigenvalue weighted by atomic mass is 10.0. The van der Waals surface area contributed by atoms with Crippen molar-refractivity contribution in [3.63, 3.8) is 0 Å². The summed E-state index contributed by atoms with van der Waals surface area (Å²) in [7, 11) is 3.39. The van der Waals surface area contributed by atoms with Crippen LogP contribution in [0, 0.1) is 6.92 Å². The second-order valence-corrected chi connectivity index (χ2v) is 8.18. The Kier molecular flexibility index (Phi) is 7.52. The molecule has 0 fully saturated rings. The molecule has 2 aromatic rings. The van der Waals surface area contributed by atoms with Gasteiger partial charge in [0.05, 0.1) is 5.69 Å². The third-order valence-corrected chi connectivity index (χ3v) is 5.37. The fourth-order valence-corrected chi connectivity index (χ4v) is 3.17. The largest absolute Gasteiger partial charge is 0.481 e. The number of anilines is 1. The van der Waals surface area contributed by atoms with Crippen LogP contribution in [0.3, 0.4) is 0 Å². The number of hydrogen-bond donors (Lipinski definition) is 1. The van der Waals surface area contributed by atoms with Gasteiger partial charge in [0.15, 0.2) is 6.10 Å². The molecule has 28 heavy (non-hydrogen) atoms. The molecule has 0 saturated heterocycles. The molecule has 0 aliphatic heterocycles. The SMILES string of the molecule is Cc1ccc(C(C)C)cc1OC(C)C(=O)Nc1ccccc1SC(=O)N(C)C. The van der Waals surface area contributed by atoms with Crippen LogP contribution in [0.25, 0.3) is 0 Å². The first-order valence-corrected chi connectivity index (χ1v) is 10.1. The molecule has 0 aliphatic rings. The zero-order valence-electron chi connectivity index (χ0n) is 17.3. The molecule has 1 unspecified atom stereocenters. The predicted octanol–water partition coefficient (Wildman–Crippen LogP) is 5.30. The van der Waals surface area contributed by atoms with Crippen LogP contribution in [0.5, 0.6) is 5.75 Å². The van der Waals surface area contributed by atoms with Crippen molar-refractivity contribution in [3.8, 4) is 5.75 Å². The molecular weight excluding hydrogens is 372 g/mol. The summed E-state index contributed by atoms with van der Waals surface area (Å²) in [6, 6.07) is 13.3. The van der Waals surface area contributed by atoms with E-state index in [0.29, 0.717) is 22.3 Å². The van der Waals surface area contributed by atoms with E-state index in [0.717, 1.165) is 22.9 Å². The third kappa shape index (κ3) is 5.76. The molecule has 1 N–H and O–H groups in total. The van der Waals surface area contributed by atoms with Crippen molar-refractivity contribution in [1.29, 1.82) is 0 Å². The van der Waals surface area contributed by atoms with E-state index in [2.05, 4.69) is 25.2 Å². The van der Waals surface area contributed by atoms with Crippen molar-refractivity contribution < 1.29 is 14.3 Å². The number of ether oxygens (including phenoxy) is 1. The number of aryl methyl sites for hydroxylation is 1. The predicted molar refractivity (Wildman–Crippen MR) is 115 cm³/mol. The van der Waals surface area contributed by atoms with Crippen molar-refractivity contribution in [3.05, 3.63) is 53.6 Å². The number of thioether (sulfide) groups is 1. The van der Waals surface area contributed by atoms with Gasteiger partial charge in [-0.2, -0.15) is 0 Å². The molecule has 0 aliphatic carbocycles. The first-order chi connectivity index (χ1) is 13.2. The monoisotopic (exact) mass is 400 g/mol. The quantitative estimate of drug-likeness (QED) is 0.669. The molecule has 0 aromatic heterocycles. The fourth-order valence-electron chi connectivity index (χ4n) is 2.43. The van der Waals surface area contributed by atoms with Gasteiger partial charge in [-0.1, -0.05) is 38.1 Å². The number of para-hydroxylation sites is 1. The second kappa shape index (κ2) is 9.64. The Hall–Kier alpha value is -2.47. The molecule has 0 saturated carbocycles. The fraction of sp³-hybridized carbons (Fsp3) is 0.364. The molecule has 0 radical (unpaired) electrons. The lowest BCUT2D eigenvalue weighted by Crippen LogP contribution is -2.30. The second-order valence-electron chi connectivity index (χ2n) is 7.19. The molecular formula is C22H28N2O3S. The molecule has 2 aromatic carbocycles. The van der Waals surface area contributed by atoms with E-state index in [1.54, 1.807) is 27.1 Å². The van der Waals surface area contributed by atoms with Crippen LogP contribution in [0.4, 0.5) is 10.5 Å². The highest BCUT2D eigenvalue weighted by Gasteiger charge is 2.19. The zero-order valence-corrected chi connectivity index (χ0v) is 18.1. The maximum Gasteiger partial charge on any atom is 0.286 e. The van der Waals surface area contributed by atoms with Gasteiger partial charge in [0.25, 0.3) is 11.1 Å². The summed E-state index contributed by atoms with van der Waals surface area (Å²) in [5.41, 5.74) is 2.74. The maximum atomic E-state index is 12.7. The summed E-state index contributed by atoms with van der Waals surface area (Å²) in [4.78, 5) is 26.9. The lowest BCUT2D eigenvalue weighted by Gasteiger charge is -2.19. The molecule has 1 atom stereocenters. The first kappa shape index (κ1) is 21.8. The minimum absolute atomic E-state index is 0.105. The van der Waals surface area contributed by atoms with Gasteiger partial charge in [0.1, 0.15) is 5.75 Å². The average molecular weight is 401 g/mol. The van der Waals surface area contributed by atoms with Crippen molar-refractivity contribution >= 4 is 28.6 Å². The molecule has 5 nitrogen and oxygen atoms in total. The Balaban J connectivity index is 2.11. The summed E-state index contributed by atoms with van der Waals surface area (Å²) in [6.45, 7) is 7.92. The Bertz CT molecular complexity index is 849. The minimum Gasteiger partial charge on any atom is -0.481 e. The maximum absolute atomic E-state index is 12.7. The van der Waals surface area contributed by atoms with E-state index in [4.69, 9.17) is 4.74 Å². The zero-order chi connectivity index (χ0) is 20.8. The van der Waals surface area contributed by atoms with E-state index >= 15 is 0 Å². The molecule has 0 bridgehead atoms. The number of carbonyl (C=O) groups is 2. The summed E-state index contributed by atoms with van der Waals surface area (Å²) >= 11 is 1.08. The number of nitrogens with zero attached hydrogens (tertiary/aromatic N) is 1. The van der Waals surface area contributed by atoms with E-state index in [1.165, 1.54) is 4.90 Å². The highest BCUT2D eigenvalue weighted by Crippen LogP contribution is 2.29. The van der Waals surface area contributed by atoms with Gasteiger partial charge in [-0.3, -0.25) is 9.59 Å². The van der Waals surface area contributed by atoms with Gasteiger partial charge in [-0.25, -0.2) is 0 Å². The van der Waals surface area contributed by atoms with Crippen LogP contribution in [-0.2, 0) is 4.79 Å². The number of carbonyl (C=O) groups excluding carboxylic acids is 2. The molecule has 2 amide bonds. The number of nitrogens with one attached hydrogen (secondary N) is 1. The standard InChI is InChI=1S/C22H28N2O3S/c1-14(2)17-12-11-15(3)19(13-17)27-16(4)21(25)23-18-9-7-8-10-20(18)28-22(26)24(5)6/h7-14,16H,1-6H3,(H,23,25). The minimum atomic E-state index is -0.677. The van der Waals surface area contributed by atoms with Crippen molar-refractivity contribution in [2.24, 2.45) is 0 Å². The van der Waals surface area contributed by atoms with Crippen LogP contribution >= 0.6 is 11.8 Å². The van der Waals surface area contributed by atoms with E-state index < -0.39 is 6.10 Å². The molecule has 0 heterocycles.